The molecule has 1 fully saturated rings. The molecule has 0 atom stereocenters. The smallest absolute Gasteiger partial charge is 0.260 e. The van der Waals surface area contributed by atoms with Crippen molar-refractivity contribution in [2.75, 3.05) is 32.9 Å². The van der Waals surface area contributed by atoms with Crippen molar-refractivity contribution in [3.63, 3.8) is 0 Å². The number of hydrogen-bond donors (Lipinski definition) is 0. The molecule has 7 heteroatoms. The van der Waals surface area contributed by atoms with Gasteiger partial charge in [0.05, 0.1) is 6.54 Å². The van der Waals surface area contributed by atoms with Crippen molar-refractivity contribution in [1.82, 2.24) is 19.7 Å². The van der Waals surface area contributed by atoms with Crippen LogP contribution in [0.25, 0.3) is 0 Å². The predicted molar refractivity (Wildman–Crippen MR) is 105 cm³/mol. The summed E-state index contributed by atoms with van der Waals surface area (Å²) < 4.78 is 13.1. The minimum atomic E-state index is 0.00799. The fourth-order valence-corrected chi connectivity index (χ4v) is 3.74. The molecule has 2 aliphatic rings. The van der Waals surface area contributed by atoms with Gasteiger partial charge in [0.25, 0.3) is 5.91 Å². The van der Waals surface area contributed by atoms with Crippen molar-refractivity contribution < 1.29 is 14.3 Å². The fourth-order valence-electron chi connectivity index (χ4n) is 3.74. The van der Waals surface area contributed by atoms with E-state index in [-0.39, 0.29) is 12.5 Å². The molecule has 3 heterocycles. The number of aryl methyl sites for hydroxylation is 2. The zero-order valence-electron chi connectivity index (χ0n) is 16.7. The Balaban J connectivity index is 1.32. The van der Waals surface area contributed by atoms with Crippen molar-refractivity contribution in [3.05, 3.63) is 41.0 Å². The molecule has 0 bridgehead atoms. The maximum atomic E-state index is 12.6. The average molecular weight is 384 g/mol. The van der Waals surface area contributed by atoms with Crippen LogP contribution in [0.1, 0.15) is 41.5 Å². The molecule has 4 rings (SSSR count). The summed E-state index contributed by atoms with van der Waals surface area (Å²) in [5.74, 6) is 3.07. The molecular formula is C21H28N4O3. The van der Waals surface area contributed by atoms with Crippen LogP contribution in [0.5, 0.6) is 5.75 Å². The van der Waals surface area contributed by atoms with Crippen molar-refractivity contribution in [1.29, 1.82) is 0 Å². The van der Waals surface area contributed by atoms with Gasteiger partial charge in [0.2, 0.25) is 0 Å². The molecule has 0 unspecified atom stereocenters. The summed E-state index contributed by atoms with van der Waals surface area (Å²) in [6, 6.07) is 5.90. The lowest BCUT2D eigenvalue weighted by atomic mass is 10.00. The van der Waals surface area contributed by atoms with Crippen molar-refractivity contribution >= 4 is 5.91 Å². The zero-order chi connectivity index (χ0) is 19.5. The van der Waals surface area contributed by atoms with Crippen LogP contribution in [0, 0.1) is 13.8 Å². The first kappa shape index (κ1) is 18.9. The Morgan fingerprint density at radius 1 is 1.18 bits per heavy atom. The third-order valence-corrected chi connectivity index (χ3v) is 5.73. The van der Waals surface area contributed by atoms with Gasteiger partial charge >= 0.3 is 0 Å². The minimum absolute atomic E-state index is 0.00799. The highest BCUT2D eigenvalue weighted by molar-refractivity contribution is 5.77. The van der Waals surface area contributed by atoms with Gasteiger partial charge in [-0.05, 0) is 49.9 Å². The third-order valence-electron chi connectivity index (χ3n) is 5.73. The lowest BCUT2D eigenvalue weighted by Crippen LogP contribution is -2.37. The van der Waals surface area contributed by atoms with Gasteiger partial charge in [0.1, 0.15) is 11.6 Å². The zero-order valence-corrected chi connectivity index (χ0v) is 16.7. The van der Waals surface area contributed by atoms with Crippen LogP contribution in [0.3, 0.4) is 0 Å². The average Bonchev–Trinajstić information content (AvgIpc) is 3.02. The molecule has 1 aromatic carbocycles. The van der Waals surface area contributed by atoms with Crippen molar-refractivity contribution in [2.24, 2.45) is 0 Å². The Kier molecular flexibility index (Phi) is 5.62. The number of fused-ring (bicyclic) bond motifs is 1. The summed E-state index contributed by atoms with van der Waals surface area (Å²) in [6.07, 6.45) is 2.71. The summed E-state index contributed by atoms with van der Waals surface area (Å²) in [5.41, 5.74) is 2.38. The van der Waals surface area contributed by atoms with Gasteiger partial charge in [-0.3, -0.25) is 4.79 Å². The molecule has 1 saturated heterocycles. The first-order chi connectivity index (χ1) is 13.6. The molecule has 0 N–H and O–H groups in total. The highest BCUT2D eigenvalue weighted by Gasteiger charge is 2.25. The minimum Gasteiger partial charge on any atom is -0.484 e. The Hall–Kier alpha value is -2.41. The number of nitrogens with zero attached hydrogens (tertiary/aromatic N) is 4. The number of carbonyl (C=O) groups excluding carboxylic acids is 1. The quantitative estimate of drug-likeness (QED) is 0.809. The molecule has 2 aliphatic heterocycles. The summed E-state index contributed by atoms with van der Waals surface area (Å²) in [6.45, 7) is 7.72. The SMILES string of the molecule is Cc1ccc(OCC(=O)N2CCc3nc(C4CCOCC4)nn3CC2)cc1C. The Morgan fingerprint density at radius 2 is 2.00 bits per heavy atom. The van der Waals surface area contributed by atoms with Crippen LogP contribution in [0.4, 0.5) is 0 Å². The van der Waals surface area contributed by atoms with E-state index in [1.165, 1.54) is 5.56 Å². The summed E-state index contributed by atoms with van der Waals surface area (Å²) >= 11 is 0. The molecular weight excluding hydrogens is 356 g/mol. The number of amides is 1. The van der Waals surface area contributed by atoms with Gasteiger partial charge in [-0.15, -0.1) is 0 Å². The molecule has 150 valence electrons. The van der Waals surface area contributed by atoms with E-state index in [1.807, 2.05) is 34.7 Å². The second-order valence-corrected chi connectivity index (χ2v) is 7.66. The van der Waals surface area contributed by atoms with E-state index in [0.29, 0.717) is 25.6 Å². The third kappa shape index (κ3) is 4.19. The topological polar surface area (TPSA) is 69.5 Å². The number of aromatic nitrogens is 3. The molecule has 1 amide bonds. The standard InChI is InChI=1S/C21H28N4O3/c1-15-3-4-18(13-16(15)2)28-14-20(26)24-8-5-19-22-21(23-25(19)10-9-24)17-6-11-27-12-7-17/h3-4,13,17H,5-12,14H2,1-2H3. The molecule has 0 aliphatic carbocycles. The van der Waals surface area contributed by atoms with E-state index < -0.39 is 0 Å². The molecule has 1 aromatic heterocycles. The van der Waals surface area contributed by atoms with E-state index in [9.17, 15) is 4.79 Å². The lowest BCUT2D eigenvalue weighted by Gasteiger charge is -2.21. The number of carbonyl (C=O) groups is 1. The molecule has 0 saturated carbocycles. The van der Waals surface area contributed by atoms with E-state index in [4.69, 9.17) is 19.6 Å². The van der Waals surface area contributed by atoms with Crippen LogP contribution in [0.2, 0.25) is 0 Å². The Bertz CT molecular complexity index is 817. The van der Waals surface area contributed by atoms with Gasteiger partial charge < -0.3 is 14.4 Å². The molecule has 7 nitrogen and oxygen atoms in total. The largest absolute Gasteiger partial charge is 0.484 e. The maximum absolute atomic E-state index is 12.6. The summed E-state index contributed by atoms with van der Waals surface area (Å²) in [7, 11) is 0. The van der Waals surface area contributed by atoms with Gasteiger partial charge in [0.15, 0.2) is 12.4 Å². The van der Waals surface area contributed by atoms with E-state index in [2.05, 4.69) is 6.92 Å². The highest BCUT2D eigenvalue weighted by atomic mass is 16.5. The number of hydrogen-bond acceptors (Lipinski definition) is 5. The van der Waals surface area contributed by atoms with Crippen LogP contribution in [0.15, 0.2) is 18.2 Å². The first-order valence-electron chi connectivity index (χ1n) is 10.1. The number of benzene rings is 1. The van der Waals surface area contributed by atoms with Crippen molar-refractivity contribution in [3.8, 4) is 5.75 Å². The van der Waals surface area contributed by atoms with Gasteiger partial charge in [-0.2, -0.15) is 5.10 Å². The number of rotatable bonds is 4. The van der Waals surface area contributed by atoms with E-state index >= 15 is 0 Å². The Labute approximate surface area is 165 Å². The van der Waals surface area contributed by atoms with E-state index in [1.54, 1.807) is 0 Å². The number of ether oxygens (including phenoxy) is 2. The second kappa shape index (κ2) is 8.31. The monoisotopic (exact) mass is 384 g/mol. The second-order valence-electron chi connectivity index (χ2n) is 7.66. The Morgan fingerprint density at radius 3 is 2.79 bits per heavy atom. The predicted octanol–water partition coefficient (Wildman–Crippen LogP) is 2.25. The van der Waals surface area contributed by atoms with Gasteiger partial charge in [0, 0.05) is 38.6 Å². The van der Waals surface area contributed by atoms with Crippen LogP contribution in [-0.2, 0) is 22.5 Å². The van der Waals surface area contributed by atoms with Crippen molar-refractivity contribution in [2.45, 2.75) is 45.6 Å². The summed E-state index contributed by atoms with van der Waals surface area (Å²) in [5, 5.41) is 4.72. The molecule has 0 radical (unpaired) electrons. The van der Waals surface area contributed by atoms with Gasteiger partial charge in [-0.1, -0.05) is 6.07 Å². The maximum Gasteiger partial charge on any atom is 0.260 e. The highest BCUT2D eigenvalue weighted by Crippen LogP contribution is 2.25. The van der Waals surface area contributed by atoms with Crippen LogP contribution >= 0.6 is 0 Å². The molecule has 2 aromatic rings. The van der Waals surface area contributed by atoms with Crippen LogP contribution < -0.4 is 4.74 Å². The molecule has 28 heavy (non-hydrogen) atoms. The van der Waals surface area contributed by atoms with Gasteiger partial charge in [-0.25, -0.2) is 9.67 Å². The fraction of sp³-hybridized carbons (Fsp3) is 0.571. The van der Waals surface area contributed by atoms with E-state index in [0.717, 1.165) is 55.4 Å². The van der Waals surface area contributed by atoms with Crippen LogP contribution in [-0.4, -0.2) is 58.5 Å². The summed E-state index contributed by atoms with van der Waals surface area (Å²) in [4.78, 5) is 19.2. The lowest BCUT2D eigenvalue weighted by molar-refractivity contribution is -0.133. The first-order valence-corrected chi connectivity index (χ1v) is 10.1. The molecule has 0 spiro atoms. The normalized spacial score (nSPS) is 17.9.